The molecule has 1 aliphatic rings. The van der Waals surface area contributed by atoms with Gasteiger partial charge in [0.1, 0.15) is 22.5 Å². The number of fused-ring (bicyclic) bond motifs is 1. The Morgan fingerprint density at radius 2 is 1.65 bits per heavy atom. The Balaban J connectivity index is 1.37. The second-order valence-electron chi connectivity index (χ2n) is 8.06. The summed E-state index contributed by atoms with van der Waals surface area (Å²) in [5.74, 6) is -0.0422. The molecule has 5 nitrogen and oxygen atoms in total. The van der Waals surface area contributed by atoms with E-state index in [0.29, 0.717) is 37.0 Å². The fraction of sp³-hybridized carbons (Fsp3) is 0.125. The molecular weight excluding hydrogens is 499 g/mol. The Morgan fingerprint density at radius 3 is 2.35 bits per heavy atom. The van der Waals surface area contributed by atoms with Crippen LogP contribution in [0.15, 0.2) is 54.6 Å². The summed E-state index contributed by atoms with van der Waals surface area (Å²) in [5.41, 5.74) is 3.10. The molecule has 3 aromatic carbocycles. The summed E-state index contributed by atoms with van der Waals surface area (Å²) in [5, 5.41) is 13.3. The average molecular weight is 514 g/mol. The van der Waals surface area contributed by atoms with Gasteiger partial charge in [0, 0.05) is 33.3 Å². The van der Waals surface area contributed by atoms with Gasteiger partial charge in [0.2, 0.25) is 5.13 Å². The first-order valence-corrected chi connectivity index (χ1v) is 12.1. The maximum Gasteiger partial charge on any atom is 0.210 e. The first-order valence-electron chi connectivity index (χ1n) is 10.5. The van der Waals surface area contributed by atoms with E-state index in [-0.39, 0.29) is 17.5 Å². The summed E-state index contributed by atoms with van der Waals surface area (Å²) in [7, 11) is 0. The van der Waals surface area contributed by atoms with Crippen molar-refractivity contribution in [3.05, 3.63) is 76.3 Å². The first kappa shape index (κ1) is 21.5. The molecule has 0 amide bonds. The monoisotopic (exact) mass is 513 g/mol. The lowest BCUT2D eigenvalue weighted by Gasteiger charge is -2.08. The predicted molar refractivity (Wildman–Crippen MR) is 132 cm³/mol. The van der Waals surface area contributed by atoms with E-state index in [4.69, 9.17) is 28.2 Å². The predicted octanol–water partition coefficient (Wildman–Crippen LogP) is 7.89. The number of aromatic nitrogens is 4. The van der Waals surface area contributed by atoms with Crippen molar-refractivity contribution in [3.8, 4) is 22.0 Å². The minimum atomic E-state index is -0.428. The summed E-state index contributed by atoms with van der Waals surface area (Å²) in [6.45, 7) is 0. The van der Waals surface area contributed by atoms with Gasteiger partial charge in [-0.1, -0.05) is 34.5 Å². The van der Waals surface area contributed by atoms with E-state index in [9.17, 15) is 4.39 Å². The zero-order valence-electron chi connectivity index (χ0n) is 17.4. The highest BCUT2D eigenvalue weighted by molar-refractivity contribution is 7.18. The lowest BCUT2D eigenvalue weighted by molar-refractivity contribution is 0.628. The van der Waals surface area contributed by atoms with Crippen molar-refractivity contribution in [3.63, 3.8) is 0 Å². The fourth-order valence-electron chi connectivity index (χ4n) is 3.90. The molecule has 0 saturated heterocycles. The van der Waals surface area contributed by atoms with Crippen molar-refractivity contribution in [2.24, 2.45) is 0 Å². The highest BCUT2D eigenvalue weighted by atomic mass is 35.5. The third kappa shape index (κ3) is 4.02. The first-order chi connectivity index (χ1) is 16.4. The number of rotatable bonds is 5. The minimum absolute atomic E-state index is 0.241. The van der Waals surface area contributed by atoms with E-state index in [1.165, 1.54) is 29.5 Å². The second-order valence-corrected chi connectivity index (χ2v) is 9.91. The number of anilines is 2. The van der Waals surface area contributed by atoms with Crippen molar-refractivity contribution < 1.29 is 8.78 Å². The summed E-state index contributed by atoms with van der Waals surface area (Å²) < 4.78 is 30.6. The van der Waals surface area contributed by atoms with Crippen molar-refractivity contribution in [1.82, 2.24) is 19.7 Å². The molecule has 0 atom stereocenters. The van der Waals surface area contributed by atoms with E-state index >= 15 is 4.39 Å². The van der Waals surface area contributed by atoms with Gasteiger partial charge in [-0.2, -0.15) is 0 Å². The van der Waals surface area contributed by atoms with Crippen LogP contribution in [0.4, 0.5) is 19.6 Å². The van der Waals surface area contributed by atoms with Gasteiger partial charge in [0.25, 0.3) is 0 Å². The Bertz CT molecular complexity index is 1520. The molecule has 170 valence electrons. The number of nitrogens with zero attached hydrogens (tertiary/aromatic N) is 4. The molecular formula is C24H15Cl2F2N5S. The third-order valence-corrected chi connectivity index (χ3v) is 6.89. The van der Waals surface area contributed by atoms with Crippen LogP contribution >= 0.6 is 34.5 Å². The lowest BCUT2D eigenvalue weighted by Crippen LogP contribution is -1.98. The molecule has 5 aromatic rings. The third-order valence-electron chi connectivity index (χ3n) is 5.57. The van der Waals surface area contributed by atoms with Crippen molar-refractivity contribution in [2.45, 2.75) is 18.9 Å². The van der Waals surface area contributed by atoms with Gasteiger partial charge >= 0.3 is 0 Å². The molecule has 2 heterocycles. The molecule has 0 unspecified atom stereocenters. The molecule has 6 rings (SSSR count). The molecule has 2 aromatic heterocycles. The van der Waals surface area contributed by atoms with Crippen molar-refractivity contribution in [2.75, 3.05) is 5.32 Å². The maximum atomic E-state index is 15.1. The SMILES string of the molecule is Fc1ccc(-c2nc3cc(Nc4nnc(-c5cc(Cl)cc(Cl)c5)s4)c(F)cc3n2C2CC2)cc1. The highest BCUT2D eigenvalue weighted by Gasteiger charge is 2.29. The van der Waals surface area contributed by atoms with Gasteiger partial charge in [0.05, 0.1) is 16.7 Å². The number of benzene rings is 3. The van der Waals surface area contributed by atoms with Gasteiger partial charge in [-0.3, -0.25) is 0 Å². The summed E-state index contributed by atoms with van der Waals surface area (Å²) >= 11 is 13.4. The van der Waals surface area contributed by atoms with Crippen LogP contribution in [-0.4, -0.2) is 19.7 Å². The summed E-state index contributed by atoms with van der Waals surface area (Å²) in [6.07, 6.45) is 2.00. The van der Waals surface area contributed by atoms with Crippen LogP contribution in [0.25, 0.3) is 33.0 Å². The Kier molecular flexibility index (Phi) is 5.24. The van der Waals surface area contributed by atoms with Crippen LogP contribution in [0.5, 0.6) is 0 Å². The van der Waals surface area contributed by atoms with E-state index < -0.39 is 5.82 Å². The second kappa shape index (κ2) is 8.30. The van der Waals surface area contributed by atoms with Crippen LogP contribution in [0.1, 0.15) is 18.9 Å². The van der Waals surface area contributed by atoms with E-state index in [0.717, 1.165) is 24.0 Å². The maximum absolute atomic E-state index is 15.1. The largest absolute Gasteiger partial charge is 0.328 e. The number of halogens is 4. The van der Waals surface area contributed by atoms with Crippen molar-refractivity contribution in [1.29, 1.82) is 0 Å². The van der Waals surface area contributed by atoms with Gasteiger partial charge in [-0.05, 0) is 61.4 Å². The normalized spacial score (nSPS) is 13.5. The van der Waals surface area contributed by atoms with Gasteiger partial charge in [0.15, 0.2) is 0 Å². The Labute approximate surface area is 207 Å². The molecule has 0 radical (unpaired) electrons. The van der Waals surface area contributed by atoms with E-state index in [1.54, 1.807) is 36.4 Å². The van der Waals surface area contributed by atoms with Crippen LogP contribution in [-0.2, 0) is 0 Å². The summed E-state index contributed by atoms with van der Waals surface area (Å²) in [4.78, 5) is 4.76. The van der Waals surface area contributed by atoms with Crippen LogP contribution < -0.4 is 5.32 Å². The van der Waals surface area contributed by atoms with Gasteiger partial charge in [-0.25, -0.2) is 13.8 Å². The molecule has 10 heteroatoms. The quantitative estimate of drug-likeness (QED) is 0.259. The summed E-state index contributed by atoms with van der Waals surface area (Å²) in [6, 6.07) is 14.7. The zero-order valence-corrected chi connectivity index (χ0v) is 19.7. The highest BCUT2D eigenvalue weighted by Crippen LogP contribution is 2.42. The Hall–Kier alpha value is -3.07. The van der Waals surface area contributed by atoms with Crippen LogP contribution in [0.2, 0.25) is 10.0 Å². The average Bonchev–Trinajstić information content (AvgIpc) is 3.41. The number of hydrogen-bond donors (Lipinski definition) is 1. The van der Waals surface area contributed by atoms with Crippen LogP contribution in [0, 0.1) is 11.6 Å². The molecule has 0 bridgehead atoms. The molecule has 1 aliphatic carbocycles. The van der Waals surface area contributed by atoms with Gasteiger partial charge < -0.3 is 9.88 Å². The van der Waals surface area contributed by atoms with E-state index in [2.05, 4.69) is 15.5 Å². The van der Waals surface area contributed by atoms with Gasteiger partial charge in [-0.15, -0.1) is 10.2 Å². The smallest absolute Gasteiger partial charge is 0.210 e. The number of imidazole rings is 1. The molecule has 34 heavy (non-hydrogen) atoms. The standard InChI is InChI=1S/C24H15Cl2F2N5S/c25-14-7-13(8-15(26)9-14)23-31-32-24(34-23)30-19-11-20-21(10-18(19)28)33(17-5-6-17)22(29-20)12-1-3-16(27)4-2-12/h1-4,7-11,17H,5-6H2,(H,30,32). The van der Waals surface area contributed by atoms with E-state index in [1.807, 2.05) is 4.57 Å². The lowest BCUT2D eigenvalue weighted by atomic mass is 10.2. The Morgan fingerprint density at radius 1 is 0.912 bits per heavy atom. The number of hydrogen-bond acceptors (Lipinski definition) is 5. The van der Waals surface area contributed by atoms with Crippen molar-refractivity contribution >= 4 is 56.4 Å². The fourth-order valence-corrected chi connectivity index (χ4v) is 5.17. The molecule has 0 aliphatic heterocycles. The minimum Gasteiger partial charge on any atom is -0.328 e. The van der Waals surface area contributed by atoms with Crippen LogP contribution in [0.3, 0.4) is 0 Å². The molecule has 1 saturated carbocycles. The molecule has 0 spiro atoms. The molecule has 1 N–H and O–H groups in total. The molecule has 1 fully saturated rings. The zero-order chi connectivity index (χ0) is 23.4. The topological polar surface area (TPSA) is 55.6 Å². The number of nitrogens with one attached hydrogen (secondary N) is 1.